The highest BCUT2D eigenvalue weighted by atomic mass is 32.2. The molecule has 112 valence electrons. The molecular formula is C13H20N2O3S2. The van der Waals surface area contributed by atoms with Crippen LogP contribution in [0.15, 0.2) is 4.52 Å². The molecule has 1 saturated heterocycles. The van der Waals surface area contributed by atoms with Gasteiger partial charge in [-0.1, -0.05) is 12.1 Å². The zero-order valence-corrected chi connectivity index (χ0v) is 13.2. The number of nitrogens with zero attached hydrogens (tertiary/aromatic N) is 2. The van der Waals surface area contributed by atoms with E-state index in [1.165, 1.54) is 5.75 Å². The fraction of sp³-hybridized carbons (Fsp3) is 0.769. The molecule has 1 aromatic rings. The number of unbranched alkanes of at least 4 members (excludes halogenated alkanes) is 1. The second kappa shape index (κ2) is 7.93. The van der Waals surface area contributed by atoms with E-state index in [0.717, 1.165) is 24.4 Å². The van der Waals surface area contributed by atoms with Crippen LogP contribution in [0.1, 0.15) is 49.6 Å². The van der Waals surface area contributed by atoms with Crippen molar-refractivity contribution in [3.63, 3.8) is 0 Å². The van der Waals surface area contributed by atoms with Gasteiger partial charge < -0.3 is 9.63 Å². The second-order valence-corrected chi connectivity index (χ2v) is 7.35. The molecule has 2 heterocycles. The minimum absolute atomic E-state index is 0.202. The number of hydrogen-bond donors (Lipinski definition) is 1. The molecule has 1 aromatic heterocycles. The zero-order valence-electron chi connectivity index (χ0n) is 11.6. The summed E-state index contributed by atoms with van der Waals surface area (Å²) in [6, 6.07) is 0. The molecule has 1 fully saturated rings. The van der Waals surface area contributed by atoms with E-state index in [1.807, 2.05) is 23.5 Å². The third kappa shape index (κ3) is 4.41. The van der Waals surface area contributed by atoms with Gasteiger partial charge in [-0.2, -0.15) is 16.7 Å². The third-order valence-corrected chi connectivity index (χ3v) is 6.46. The van der Waals surface area contributed by atoms with Crippen molar-refractivity contribution in [1.82, 2.24) is 10.1 Å². The maximum absolute atomic E-state index is 10.4. The Hall–Kier alpha value is -0.690. The number of aliphatic carboxylic acids is 1. The molecule has 2 atom stereocenters. The Balaban J connectivity index is 1.86. The topological polar surface area (TPSA) is 76.2 Å². The predicted molar refractivity (Wildman–Crippen MR) is 81.2 cm³/mol. The van der Waals surface area contributed by atoms with E-state index >= 15 is 0 Å². The number of carbonyl (C=O) groups is 1. The molecule has 0 radical (unpaired) electrons. The minimum atomic E-state index is -0.752. The van der Waals surface area contributed by atoms with Crippen LogP contribution in [0.3, 0.4) is 0 Å². The van der Waals surface area contributed by atoms with Gasteiger partial charge in [-0.3, -0.25) is 4.79 Å². The number of rotatable bonds is 7. The lowest BCUT2D eigenvalue weighted by Gasteiger charge is -2.27. The normalized spacial score (nSPS) is 22.9. The van der Waals surface area contributed by atoms with Crippen molar-refractivity contribution in [3.05, 3.63) is 11.7 Å². The average Bonchev–Trinajstić information content (AvgIpc) is 2.92. The van der Waals surface area contributed by atoms with E-state index in [4.69, 9.17) is 9.63 Å². The van der Waals surface area contributed by atoms with Crippen LogP contribution in [0.4, 0.5) is 0 Å². The Morgan fingerprint density at radius 1 is 1.40 bits per heavy atom. The summed E-state index contributed by atoms with van der Waals surface area (Å²) in [7, 11) is 0. The maximum atomic E-state index is 10.4. The van der Waals surface area contributed by atoms with Crippen molar-refractivity contribution in [1.29, 1.82) is 0 Å². The average molecular weight is 316 g/mol. The van der Waals surface area contributed by atoms with Crippen molar-refractivity contribution in [2.45, 2.75) is 49.5 Å². The van der Waals surface area contributed by atoms with Gasteiger partial charge in [0, 0.05) is 29.6 Å². The Morgan fingerprint density at radius 2 is 2.20 bits per heavy atom. The van der Waals surface area contributed by atoms with Gasteiger partial charge in [-0.25, -0.2) is 0 Å². The number of hydrogen-bond acceptors (Lipinski definition) is 6. The van der Waals surface area contributed by atoms with Gasteiger partial charge in [-0.05, 0) is 19.3 Å². The van der Waals surface area contributed by atoms with Crippen LogP contribution in [-0.2, 0) is 11.2 Å². The first-order chi connectivity index (χ1) is 9.70. The Labute approximate surface area is 127 Å². The Bertz CT molecular complexity index is 439. The minimum Gasteiger partial charge on any atom is -0.481 e. The SMILES string of the molecule is CCC1SCCSC1c1noc(CCCCC(=O)O)n1. The maximum Gasteiger partial charge on any atom is 0.303 e. The molecule has 2 rings (SSSR count). The summed E-state index contributed by atoms with van der Waals surface area (Å²) in [4.78, 5) is 14.9. The molecule has 0 aliphatic carbocycles. The summed E-state index contributed by atoms with van der Waals surface area (Å²) >= 11 is 3.90. The van der Waals surface area contributed by atoms with Gasteiger partial charge >= 0.3 is 5.97 Å². The first-order valence-electron chi connectivity index (χ1n) is 6.98. The van der Waals surface area contributed by atoms with Gasteiger partial charge in [0.05, 0.1) is 5.25 Å². The largest absolute Gasteiger partial charge is 0.481 e. The van der Waals surface area contributed by atoms with Crippen LogP contribution in [0.5, 0.6) is 0 Å². The quantitative estimate of drug-likeness (QED) is 0.774. The highest BCUT2D eigenvalue weighted by Gasteiger charge is 2.30. The molecule has 0 spiro atoms. The van der Waals surface area contributed by atoms with E-state index < -0.39 is 5.97 Å². The molecule has 1 N–H and O–H groups in total. The summed E-state index contributed by atoms with van der Waals surface area (Å²) in [6.45, 7) is 2.20. The highest BCUT2D eigenvalue weighted by Crippen LogP contribution is 2.42. The molecule has 2 unspecified atom stereocenters. The molecule has 0 saturated carbocycles. The third-order valence-electron chi connectivity index (χ3n) is 3.22. The lowest BCUT2D eigenvalue weighted by atomic mass is 10.2. The zero-order chi connectivity index (χ0) is 14.4. The van der Waals surface area contributed by atoms with Crippen molar-refractivity contribution in [3.8, 4) is 0 Å². The van der Waals surface area contributed by atoms with Gasteiger partial charge in [0.15, 0.2) is 5.82 Å². The molecule has 0 aromatic carbocycles. The number of aryl methyl sites for hydroxylation is 1. The number of thioether (sulfide) groups is 2. The van der Waals surface area contributed by atoms with Crippen LogP contribution >= 0.6 is 23.5 Å². The van der Waals surface area contributed by atoms with Crippen molar-refractivity contribution >= 4 is 29.5 Å². The van der Waals surface area contributed by atoms with Gasteiger partial charge in [0.1, 0.15) is 0 Å². The Morgan fingerprint density at radius 3 is 2.95 bits per heavy atom. The van der Waals surface area contributed by atoms with Gasteiger partial charge in [-0.15, -0.1) is 11.8 Å². The van der Waals surface area contributed by atoms with Crippen molar-refractivity contribution < 1.29 is 14.4 Å². The standard InChI is InChI=1S/C13H20N2O3S2/c1-2-9-12(20-8-7-19-9)13-14-10(18-15-13)5-3-4-6-11(16)17/h9,12H,2-8H2,1H3,(H,16,17). The fourth-order valence-corrected chi connectivity index (χ4v) is 5.16. The van der Waals surface area contributed by atoms with Gasteiger partial charge in [0.2, 0.25) is 5.89 Å². The van der Waals surface area contributed by atoms with Crippen LogP contribution in [-0.4, -0.2) is 38.0 Å². The first kappa shape index (κ1) is 15.7. The summed E-state index contributed by atoms with van der Waals surface area (Å²) < 4.78 is 5.29. The lowest BCUT2D eigenvalue weighted by molar-refractivity contribution is -0.137. The number of carboxylic acid groups (broad SMARTS) is 1. The smallest absolute Gasteiger partial charge is 0.303 e. The monoisotopic (exact) mass is 316 g/mol. The molecule has 0 amide bonds. The van der Waals surface area contributed by atoms with E-state index in [1.54, 1.807) is 0 Å². The molecule has 0 bridgehead atoms. The fourth-order valence-electron chi connectivity index (χ4n) is 2.18. The molecule has 20 heavy (non-hydrogen) atoms. The molecule has 1 aliphatic rings. The highest BCUT2D eigenvalue weighted by molar-refractivity contribution is 8.06. The molecular weight excluding hydrogens is 296 g/mol. The van der Waals surface area contributed by atoms with Crippen LogP contribution in [0.2, 0.25) is 0 Å². The van der Waals surface area contributed by atoms with Crippen LogP contribution < -0.4 is 0 Å². The van der Waals surface area contributed by atoms with Crippen LogP contribution in [0.25, 0.3) is 0 Å². The van der Waals surface area contributed by atoms with E-state index in [-0.39, 0.29) is 6.42 Å². The van der Waals surface area contributed by atoms with Gasteiger partial charge in [0.25, 0.3) is 0 Å². The van der Waals surface area contributed by atoms with Crippen LogP contribution in [0, 0.1) is 0 Å². The van der Waals surface area contributed by atoms with Crippen molar-refractivity contribution in [2.75, 3.05) is 11.5 Å². The second-order valence-electron chi connectivity index (χ2n) is 4.76. The summed E-state index contributed by atoms with van der Waals surface area (Å²) in [5.41, 5.74) is 0. The van der Waals surface area contributed by atoms with E-state index in [9.17, 15) is 4.79 Å². The Kier molecular flexibility index (Phi) is 6.22. The molecule has 7 heteroatoms. The predicted octanol–water partition coefficient (Wildman–Crippen LogP) is 3.17. The first-order valence-corrected chi connectivity index (χ1v) is 9.08. The number of carboxylic acids is 1. The summed E-state index contributed by atoms with van der Waals surface area (Å²) in [5.74, 6) is 3.02. The molecule has 5 nitrogen and oxygen atoms in total. The lowest BCUT2D eigenvalue weighted by Crippen LogP contribution is -2.19. The van der Waals surface area contributed by atoms with E-state index in [0.29, 0.717) is 29.2 Å². The van der Waals surface area contributed by atoms with Crippen molar-refractivity contribution in [2.24, 2.45) is 0 Å². The summed E-state index contributed by atoms with van der Waals surface area (Å²) in [6.07, 6.45) is 3.41. The molecule has 1 aliphatic heterocycles. The van der Waals surface area contributed by atoms with E-state index in [2.05, 4.69) is 17.1 Å². The summed E-state index contributed by atoms with van der Waals surface area (Å²) in [5, 5.41) is 13.6. The number of aromatic nitrogens is 2.